The number of aromatic amines is 1. The first-order valence-electron chi connectivity index (χ1n) is 11.0. The molecule has 4 rings (SSSR count). The van der Waals surface area contributed by atoms with Crippen molar-refractivity contribution in [2.24, 2.45) is 5.41 Å². The molecule has 0 bridgehead atoms. The van der Waals surface area contributed by atoms with Crippen molar-refractivity contribution in [3.05, 3.63) is 59.7 Å². The molecule has 0 unspecified atom stereocenters. The maximum Gasteiger partial charge on any atom is 0.149 e. The van der Waals surface area contributed by atoms with Crippen molar-refractivity contribution in [1.29, 1.82) is 0 Å². The Balaban J connectivity index is 1.40. The fourth-order valence-corrected chi connectivity index (χ4v) is 4.43. The Morgan fingerprint density at radius 1 is 1.13 bits per heavy atom. The van der Waals surface area contributed by atoms with Crippen LogP contribution in [0, 0.1) is 12.3 Å². The monoisotopic (exact) mass is 404 g/mol. The van der Waals surface area contributed by atoms with Crippen LogP contribution in [-0.2, 0) is 12.8 Å². The molecule has 0 saturated carbocycles. The second-order valence-electron chi connectivity index (χ2n) is 8.48. The van der Waals surface area contributed by atoms with Crippen molar-refractivity contribution < 1.29 is 0 Å². The number of anilines is 3. The summed E-state index contributed by atoms with van der Waals surface area (Å²) in [5, 5.41) is 10.7. The van der Waals surface area contributed by atoms with E-state index in [1.807, 2.05) is 6.07 Å². The van der Waals surface area contributed by atoms with Crippen LogP contribution in [0.4, 0.5) is 17.3 Å². The number of H-pyrrole nitrogens is 1. The predicted octanol–water partition coefficient (Wildman–Crippen LogP) is 5.05. The summed E-state index contributed by atoms with van der Waals surface area (Å²) < 4.78 is 0. The summed E-state index contributed by atoms with van der Waals surface area (Å²) in [7, 11) is 0. The molecule has 1 fully saturated rings. The summed E-state index contributed by atoms with van der Waals surface area (Å²) >= 11 is 0. The van der Waals surface area contributed by atoms with E-state index in [0.717, 1.165) is 24.4 Å². The minimum atomic E-state index is 0.493. The molecule has 0 radical (unpaired) electrons. The lowest BCUT2D eigenvalue weighted by Crippen LogP contribution is -2.26. The van der Waals surface area contributed by atoms with Crippen LogP contribution in [0.3, 0.4) is 0 Å². The second-order valence-corrected chi connectivity index (χ2v) is 8.48. The third-order valence-electron chi connectivity index (χ3n) is 6.74. The fraction of sp³-hybridized carbons (Fsp3) is 0.458. The average molecular weight is 405 g/mol. The van der Waals surface area contributed by atoms with Gasteiger partial charge in [0.25, 0.3) is 0 Å². The Kier molecular flexibility index (Phi) is 6.02. The first-order chi connectivity index (χ1) is 14.6. The first kappa shape index (κ1) is 20.4. The van der Waals surface area contributed by atoms with Crippen LogP contribution in [0.25, 0.3) is 0 Å². The quantitative estimate of drug-likeness (QED) is 0.549. The van der Waals surface area contributed by atoms with Crippen molar-refractivity contribution in [3.63, 3.8) is 0 Å². The van der Waals surface area contributed by atoms with Gasteiger partial charge in [-0.3, -0.25) is 10.1 Å². The number of hydrogen-bond acceptors (Lipinski definition) is 5. The molecule has 0 aliphatic carbocycles. The van der Waals surface area contributed by atoms with E-state index >= 15 is 0 Å². The van der Waals surface area contributed by atoms with Crippen molar-refractivity contribution in [2.45, 2.75) is 52.9 Å². The molecule has 1 aliphatic heterocycles. The number of aryl methyl sites for hydroxylation is 3. The summed E-state index contributed by atoms with van der Waals surface area (Å²) in [5.74, 6) is 1.54. The molecule has 2 N–H and O–H groups in total. The molecular formula is C24H32N6. The Bertz CT molecular complexity index is 961. The third-order valence-corrected chi connectivity index (χ3v) is 6.74. The summed E-state index contributed by atoms with van der Waals surface area (Å²) in [6, 6.07) is 9.00. The lowest BCUT2D eigenvalue weighted by Gasteiger charge is -2.27. The van der Waals surface area contributed by atoms with Crippen LogP contribution in [0.1, 0.15) is 49.9 Å². The number of rotatable bonds is 8. The summed E-state index contributed by atoms with van der Waals surface area (Å²) in [6.07, 6.45) is 10.7. The number of benzene rings is 1. The zero-order chi connectivity index (χ0) is 21.0. The SMILES string of the molecule is CCC1(CC)CCN(c2ccc(C)c(CCc3cc(Nc4cnccn4)[nH]n3)c2)C1. The van der Waals surface area contributed by atoms with Gasteiger partial charge in [-0.1, -0.05) is 19.9 Å². The highest BCUT2D eigenvalue weighted by Crippen LogP contribution is 2.39. The van der Waals surface area contributed by atoms with Gasteiger partial charge in [0.1, 0.15) is 11.6 Å². The molecule has 3 aromatic rings. The highest BCUT2D eigenvalue weighted by molar-refractivity contribution is 5.53. The van der Waals surface area contributed by atoms with Crippen molar-refractivity contribution in [3.8, 4) is 0 Å². The van der Waals surface area contributed by atoms with Crippen LogP contribution in [0.15, 0.2) is 42.9 Å². The molecule has 6 nitrogen and oxygen atoms in total. The summed E-state index contributed by atoms with van der Waals surface area (Å²) in [6.45, 7) is 9.23. The van der Waals surface area contributed by atoms with Gasteiger partial charge >= 0.3 is 0 Å². The zero-order valence-corrected chi connectivity index (χ0v) is 18.3. The van der Waals surface area contributed by atoms with E-state index in [-0.39, 0.29) is 0 Å². The van der Waals surface area contributed by atoms with Gasteiger partial charge in [-0.05, 0) is 67.7 Å². The van der Waals surface area contributed by atoms with Gasteiger partial charge in [-0.2, -0.15) is 5.10 Å². The van der Waals surface area contributed by atoms with E-state index < -0.39 is 0 Å². The zero-order valence-electron chi connectivity index (χ0n) is 18.3. The van der Waals surface area contributed by atoms with Crippen molar-refractivity contribution >= 4 is 17.3 Å². The fourth-order valence-electron chi connectivity index (χ4n) is 4.43. The van der Waals surface area contributed by atoms with Crippen LogP contribution < -0.4 is 10.2 Å². The minimum Gasteiger partial charge on any atom is -0.371 e. The number of nitrogens with zero attached hydrogens (tertiary/aromatic N) is 4. The highest BCUT2D eigenvalue weighted by atomic mass is 15.2. The normalized spacial score (nSPS) is 15.5. The van der Waals surface area contributed by atoms with Gasteiger partial charge < -0.3 is 10.2 Å². The van der Waals surface area contributed by atoms with Gasteiger partial charge in [-0.15, -0.1) is 0 Å². The lowest BCUT2D eigenvalue weighted by molar-refractivity contribution is 0.301. The Labute approximate surface area is 179 Å². The van der Waals surface area contributed by atoms with Crippen LogP contribution in [0.2, 0.25) is 0 Å². The Morgan fingerprint density at radius 2 is 2.00 bits per heavy atom. The molecule has 2 aromatic heterocycles. The van der Waals surface area contributed by atoms with Crippen LogP contribution in [-0.4, -0.2) is 33.3 Å². The molecule has 1 aliphatic rings. The Hall–Kier alpha value is -2.89. The van der Waals surface area contributed by atoms with Gasteiger partial charge in [0.2, 0.25) is 0 Å². The molecular weight excluding hydrogens is 372 g/mol. The molecule has 30 heavy (non-hydrogen) atoms. The van der Waals surface area contributed by atoms with E-state index in [9.17, 15) is 0 Å². The van der Waals surface area contributed by atoms with E-state index in [1.165, 1.54) is 49.2 Å². The van der Waals surface area contributed by atoms with E-state index in [2.05, 4.69) is 69.4 Å². The first-order valence-corrected chi connectivity index (χ1v) is 11.0. The largest absolute Gasteiger partial charge is 0.371 e. The molecule has 0 atom stereocenters. The van der Waals surface area contributed by atoms with Crippen molar-refractivity contribution in [1.82, 2.24) is 20.2 Å². The third kappa shape index (κ3) is 4.48. The van der Waals surface area contributed by atoms with Gasteiger partial charge in [0.05, 0.1) is 11.9 Å². The van der Waals surface area contributed by atoms with E-state index in [4.69, 9.17) is 0 Å². The lowest BCUT2D eigenvalue weighted by atomic mass is 9.82. The van der Waals surface area contributed by atoms with Crippen LogP contribution >= 0.6 is 0 Å². The molecule has 6 heteroatoms. The molecule has 158 valence electrons. The molecule has 0 spiro atoms. The molecule has 0 amide bonds. The van der Waals surface area contributed by atoms with Gasteiger partial charge in [0, 0.05) is 37.2 Å². The average Bonchev–Trinajstić information content (AvgIpc) is 3.41. The topological polar surface area (TPSA) is 69.7 Å². The smallest absolute Gasteiger partial charge is 0.149 e. The molecule has 1 aromatic carbocycles. The Morgan fingerprint density at radius 3 is 2.73 bits per heavy atom. The summed E-state index contributed by atoms with van der Waals surface area (Å²) in [4.78, 5) is 10.9. The van der Waals surface area contributed by atoms with Crippen LogP contribution in [0.5, 0.6) is 0 Å². The van der Waals surface area contributed by atoms with Gasteiger partial charge in [0.15, 0.2) is 0 Å². The number of aromatic nitrogens is 4. The van der Waals surface area contributed by atoms with Crippen molar-refractivity contribution in [2.75, 3.05) is 23.3 Å². The molecule has 1 saturated heterocycles. The second kappa shape index (κ2) is 8.86. The molecule has 3 heterocycles. The maximum atomic E-state index is 4.45. The van der Waals surface area contributed by atoms with E-state index in [0.29, 0.717) is 11.2 Å². The standard InChI is InChI=1S/C24H32N6/c1-4-24(5-2)10-13-30(17-24)21-9-6-18(3)19(14-21)7-8-20-15-22(29-28-20)27-23-16-25-11-12-26-23/h6,9,11-12,14-16H,4-5,7-8,10,13,17H2,1-3H3,(H2,26,27,28,29). The van der Waals surface area contributed by atoms with Gasteiger partial charge in [-0.25, -0.2) is 4.98 Å². The van der Waals surface area contributed by atoms with E-state index in [1.54, 1.807) is 18.6 Å². The number of nitrogens with one attached hydrogen (secondary N) is 2. The number of hydrogen-bond donors (Lipinski definition) is 2. The summed E-state index contributed by atoms with van der Waals surface area (Å²) in [5.41, 5.74) is 5.66. The predicted molar refractivity (Wildman–Crippen MR) is 122 cm³/mol. The minimum absolute atomic E-state index is 0.493. The highest BCUT2D eigenvalue weighted by Gasteiger charge is 2.35. The maximum absolute atomic E-state index is 4.45.